The van der Waals surface area contributed by atoms with E-state index in [-0.39, 0.29) is 6.04 Å². The molecule has 0 saturated carbocycles. The molecule has 106 valence electrons. The average Bonchev–Trinajstić information content (AvgIpc) is 2.46. The Morgan fingerprint density at radius 1 is 1.05 bits per heavy atom. The van der Waals surface area contributed by atoms with E-state index in [1.807, 2.05) is 18.2 Å². The molecular weight excluding hydrogens is 289 g/mol. The lowest BCUT2D eigenvalue weighted by Gasteiger charge is -2.21. The van der Waals surface area contributed by atoms with Gasteiger partial charge >= 0.3 is 0 Å². The number of hydrogen-bond acceptors (Lipinski definition) is 1. The Kier molecular flexibility index (Phi) is 5.75. The molecule has 0 fully saturated rings. The summed E-state index contributed by atoms with van der Waals surface area (Å²) in [5.41, 5.74) is 2.22. The molecule has 1 atom stereocenters. The number of anilines is 1. The molecule has 1 unspecified atom stereocenters. The summed E-state index contributed by atoms with van der Waals surface area (Å²) in [6.45, 7) is 2.21. The lowest BCUT2D eigenvalue weighted by atomic mass is 10.0. The summed E-state index contributed by atoms with van der Waals surface area (Å²) in [7, 11) is 0. The Balaban J connectivity index is 2.19. The molecule has 0 aliphatic heterocycles. The zero-order chi connectivity index (χ0) is 14.4. The fourth-order valence-corrected chi connectivity index (χ4v) is 2.67. The van der Waals surface area contributed by atoms with Crippen molar-refractivity contribution in [3.8, 4) is 0 Å². The van der Waals surface area contributed by atoms with E-state index < -0.39 is 0 Å². The molecule has 0 aliphatic carbocycles. The predicted octanol–water partition coefficient (Wildman–Crippen LogP) is 6.34. The van der Waals surface area contributed by atoms with E-state index in [1.54, 1.807) is 6.07 Å². The quantitative estimate of drug-likeness (QED) is 0.657. The minimum atomic E-state index is 0.273. The van der Waals surface area contributed by atoms with Gasteiger partial charge in [0.05, 0.1) is 16.8 Å². The Hall–Kier alpha value is -1.18. The lowest BCUT2D eigenvalue weighted by Crippen LogP contribution is -2.11. The van der Waals surface area contributed by atoms with Crippen LogP contribution in [-0.4, -0.2) is 0 Å². The van der Waals surface area contributed by atoms with Gasteiger partial charge in [0.15, 0.2) is 0 Å². The molecule has 2 rings (SSSR count). The molecule has 0 saturated heterocycles. The highest BCUT2D eigenvalue weighted by molar-refractivity contribution is 6.36. The maximum absolute atomic E-state index is 6.25. The molecule has 0 radical (unpaired) electrons. The first kappa shape index (κ1) is 15.2. The van der Waals surface area contributed by atoms with E-state index in [0.717, 1.165) is 12.1 Å². The van der Waals surface area contributed by atoms with Crippen LogP contribution in [0.25, 0.3) is 0 Å². The third-order valence-corrected chi connectivity index (χ3v) is 3.86. The average molecular weight is 308 g/mol. The molecule has 2 aromatic carbocycles. The van der Waals surface area contributed by atoms with E-state index in [4.69, 9.17) is 23.2 Å². The van der Waals surface area contributed by atoms with Crippen molar-refractivity contribution in [1.29, 1.82) is 0 Å². The van der Waals surface area contributed by atoms with Gasteiger partial charge in [0.1, 0.15) is 0 Å². The number of unbranched alkanes of at least 4 members (excludes halogenated alkanes) is 1. The summed E-state index contributed by atoms with van der Waals surface area (Å²) in [5, 5.41) is 4.85. The van der Waals surface area contributed by atoms with E-state index in [1.165, 1.54) is 18.4 Å². The van der Waals surface area contributed by atoms with Crippen molar-refractivity contribution in [2.24, 2.45) is 0 Å². The molecule has 0 aliphatic rings. The second-order valence-corrected chi connectivity index (χ2v) is 5.72. The van der Waals surface area contributed by atoms with Crippen molar-refractivity contribution in [3.63, 3.8) is 0 Å². The summed E-state index contributed by atoms with van der Waals surface area (Å²) < 4.78 is 0. The highest BCUT2D eigenvalue weighted by atomic mass is 35.5. The zero-order valence-corrected chi connectivity index (χ0v) is 13.1. The molecular formula is C17H19Cl2N. The smallest absolute Gasteiger partial charge is 0.0652 e. The Bertz CT molecular complexity index is 540. The van der Waals surface area contributed by atoms with Gasteiger partial charge in [-0.15, -0.1) is 0 Å². The van der Waals surface area contributed by atoms with Crippen LogP contribution in [0.15, 0.2) is 48.5 Å². The lowest BCUT2D eigenvalue weighted by molar-refractivity contribution is 0.634. The van der Waals surface area contributed by atoms with Gasteiger partial charge in [-0.05, 0) is 30.2 Å². The van der Waals surface area contributed by atoms with Gasteiger partial charge < -0.3 is 5.32 Å². The molecule has 0 heterocycles. The third-order valence-electron chi connectivity index (χ3n) is 3.31. The van der Waals surface area contributed by atoms with Crippen LogP contribution in [0.2, 0.25) is 10.0 Å². The van der Waals surface area contributed by atoms with Gasteiger partial charge in [-0.3, -0.25) is 0 Å². The van der Waals surface area contributed by atoms with Crippen LogP contribution in [-0.2, 0) is 0 Å². The molecule has 1 nitrogen and oxygen atoms in total. The number of benzene rings is 2. The fourth-order valence-electron chi connectivity index (χ4n) is 2.21. The van der Waals surface area contributed by atoms with Crippen molar-refractivity contribution in [2.45, 2.75) is 32.2 Å². The maximum Gasteiger partial charge on any atom is 0.0652 e. The molecule has 1 N–H and O–H groups in total. The maximum atomic E-state index is 6.25. The Labute approximate surface area is 130 Å². The number of rotatable bonds is 6. The number of hydrogen-bond donors (Lipinski definition) is 1. The second-order valence-electron chi connectivity index (χ2n) is 4.87. The van der Waals surface area contributed by atoms with Crippen LogP contribution in [0.5, 0.6) is 0 Å². The van der Waals surface area contributed by atoms with Crippen molar-refractivity contribution >= 4 is 28.9 Å². The molecule has 0 amide bonds. The summed E-state index contributed by atoms with van der Waals surface area (Å²) in [6, 6.07) is 16.3. The van der Waals surface area contributed by atoms with Crippen LogP contribution in [0.3, 0.4) is 0 Å². The zero-order valence-electron chi connectivity index (χ0n) is 11.6. The highest BCUT2D eigenvalue weighted by Crippen LogP contribution is 2.30. The molecule has 3 heteroatoms. The van der Waals surface area contributed by atoms with E-state index in [9.17, 15) is 0 Å². The first-order chi connectivity index (χ1) is 9.70. The number of halogens is 2. The van der Waals surface area contributed by atoms with Crippen molar-refractivity contribution in [2.75, 3.05) is 5.32 Å². The standard InChI is InChI=1S/C17H19Cl2N/c1-2-3-9-16(13-7-5-4-6-8-13)20-17-11-10-14(18)12-15(17)19/h4-8,10-12,16,20H,2-3,9H2,1H3. The van der Waals surface area contributed by atoms with E-state index >= 15 is 0 Å². The number of nitrogens with one attached hydrogen (secondary N) is 1. The largest absolute Gasteiger partial charge is 0.377 e. The summed E-state index contributed by atoms with van der Waals surface area (Å²) in [4.78, 5) is 0. The van der Waals surface area contributed by atoms with Gasteiger partial charge in [0.25, 0.3) is 0 Å². The van der Waals surface area contributed by atoms with Crippen LogP contribution in [0.4, 0.5) is 5.69 Å². The van der Waals surface area contributed by atoms with Gasteiger partial charge in [-0.2, -0.15) is 0 Å². The minimum absolute atomic E-state index is 0.273. The van der Waals surface area contributed by atoms with E-state index in [0.29, 0.717) is 10.0 Å². The van der Waals surface area contributed by atoms with Crippen molar-refractivity contribution in [1.82, 2.24) is 0 Å². The molecule has 0 spiro atoms. The normalized spacial score (nSPS) is 12.2. The molecule has 0 aromatic heterocycles. The van der Waals surface area contributed by atoms with Gasteiger partial charge in [-0.25, -0.2) is 0 Å². The van der Waals surface area contributed by atoms with Gasteiger partial charge in [0.2, 0.25) is 0 Å². The fraction of sp³-hybridized carbons (Fsp3) is 0.294. The third kappa shape index (κ3) is 4.16. The monoisotopic (exact) mass is 307 g/mol. The van der Waals surface area contributed by atoms with Crippen LogP contribution in [0.1, 0.15) is 37.8 Å². The van der Waals surface area contributed by atoms with Gasteiger partial charge in [0, 0.05) is 5.02 Å². The van der Waals surface area contributed by atoms with Crippen molar-refractivity contribution in [3.05, 3.63) is 64.1 Å². The summed E-state index contributed by atoms with van der Waals surface area (Å²) in [6.07, 6.45) is 3.44. The summed E-state index contributed by atoms with van der Waals surface area (Å²) in [5.74, 6) is 0. The highest BCUT2D eigenvalue weighted by Gasteiger charge is 2.12. The topological polar surface area (TPSA) is 12.0 Å². The van der Waals surface area contributed by atoms with E-state index in [2.05, 4.69) is 36.5 Å². The van der Waals surface area contributed by atoms with Crippen LogP contribution >= 0.6 is 23.2 Å². The molecule has 0 bridgehead atoms. The summed E-state index contributed by atoms with van der Waals surface area (Å²) >= 11 is 12.2. The molecule has 2 aromatic rings. The first-order valence-corrected chi connectivity index (χ1v) is 7.73. The predicted molar refractivity (Wildman–Crippen MR) is 88.8 cm³/mol. The van der Waals surface area contributed by atoms with Gasteiger partial charge in [-0.1, -0.05) is 73.3 Å². The first-order valence-electron chi connectivity index (χ1n) is 6.97. The molecule has 20 heavy (non-hydrogen) atoms. The Morgan fingerprint density at radius 2 is 1.80 bits per heavy atom. The van der Waals surface area contributed by atoms with Crippen LogP contribution < -0.4 is 5.32 Å². The second kappa shape index (κ2) is 7.56. The SMILES string of the molecule is CCCCC(Nc1ccc(Cl)cc1Cl)c1ccccc1. The Morgan fingerprint density at radius 3 is 2.45 bits per heavy atom. The minimum Gasteiger partial charge on any atom is -0.377 e. The van der Waals surface area contributed by atoms with Crippen LogP contribution in [0, 0.1) is 0 Å². The van der Waals surface area contributed by atoms with Crippen molar-refractivity contribution < 1.29 is 0 Å².